The van der Waals surface area contributed by atoms with Gasteiger partial charge in [-0.15, -0.1) is 0 Å². The molecule has 0 aliphatic rings. The zero-order valence-electron chi connectivity index (χ0n) is 8.74. The molecular formula is C9H16O5. The minimum atomic E-state index is -1.25. The molecule has 14 heavy (non-hydrogen) atoms. The van der Waals surface area contributed by atoms with Gasteiger partial charge in [0, 0.05) is 6.61 Å². The molecule has 0 aromatic heterocycles. The van der Waals surface area contributed by atoms with Crippen molar-refractivity contribution >= 4 is 11.9 Å². The van der Waals surface area contributed by atoms with Crippen molar-refractivity contribution < 1.29 is 23.8 Å². The Balaban J connectivity index is 4.22. The fraction of sp³-hybridized carbons (Fsp3) is 0.778. The molecule has 0 radical (unpaired) electrons. The van der Waals surface area contributed by atoms with Crippen LogP contribution in [0.4, 0.5) is 0 Å². The van der Waals surface area contributed by atoms with E-state index in [0.29, 0.717) is 13.0 Å². The zero-order chi connectivity index (χ0) is 11.0. The first kappa shape index (κ1) is 12.9. The Labute approximate surface area is 83.3 Å². The van der Waals surface area contributed by atoms with Crippen LogP contribution in [-0.2, 0) is 23.8 Å². The van der Waals surface area contributed by atoms with Crippen LogP contribution in [0.1, 0.15) is 20.3 Å². The summed E-state index contributed by atoms with van der Waals surface area (Å²) in [5, 5.41) is 0. The van der Waals surface area contributed by atoms with Crippen molar-refractivity contribution in [3.63, 3.8) is 0 Å². The summed E-state index contributed by atoms with van der Waals surface area (Å²) in [6, 6.07) is 0. The molecule has 0 saturated heterocycles. The summed E-state index contributed by atoms with van der Waals surface area (Å²) in [5.41, 5.74) is 0. The number of hydrogen-bond acceptors (Lipinski definition) is 5. The van der Waals surface area contributed by atoms with Crippen LogP contribution < -0.4 is 0 Å². The molecular weight excluding hydrogens is 188 g/mol. The van der Waals surface area contributed by atoms with E-state index in [1.807, 2.05) is 6.92 Å². The average Bonchev–Trinajstić information content (AvgIpc) is 2.18. The lowest BCUT2D eigenvalue weighted by Gasteiger charge is -2.13. The lowest BCUT2D eigenvalue weighted by atomic mass is 10.3. The molecule has 0 fully saturated rings. The fourth-order valence-corrected chi connectivity index (χ4v) is 0.793. The molecule has 0 aromatic rings. The summed E-state index contributed by atoms with van der Waals surface area (Å²) in [7, 11) is 1.20. The predicted molar refractivity (Wildman–Crippen MR) is 48.7 cm³/mol. The Morgan fingerprint density at radius 2 is 1.86 bits per heavy atom. The van der Waals surface area contributed by atoms with E-state index < -0.39 is 18.0 Å². The molecule has 0 aliphatic carbocycles. The van der Waals surface area contributed by atoms with Gasteiger partial charge in [-0.1, -0.05) is 6.92 Å². The monoisotopic (exact) mass is 204 g/mol. The molecule has 1 unspecified atom stereocenters. The van der Waals surface area contributed by atoms with E-state index in [0.717, 1.165) is 0 Å². The van der Waals surface area contributed by atoms with Crippen molar-refractivity contribution in [2.75, 3.05) is 20.3 Å². The molecule has 0 aliphatic heterocycles. The Morgan fingerprint density at radius 1 is 1.21 bits per heavy atom. The third kappa shape index (κ3) is 4.23. The number of methoxy groups -OCH3 is 1. The third-order valence-corrected chi connectivity index (χ3v) is 1.40. The second kappa shape index (κ2) is 7.32. The summed E-state index contributed by atoms with van der Waals surface area (Å²) in [6.07, 6.45) is -0.535. The normalized spacial score (nSPS) is 11.9. The van der Waals surface area contributed by atoms with E-state index in [1.54, 1.807) is 6.92 Å². The van der Waals surface area contributed by atoms with Gasteiger partial charge >= 0.3 is 11.9 Å². The molecule has 0 aromatic carbocycles. The van der Waals surface area contributed by atoms with Gasteiger partial charge in [0.05, 0.1) is 13.7 Å². The fourth-order valence-electron chi connectivity index (χ4n) is 0.793. The Bertz CT molecular complexity index is 190. The lowest BCUT2D eigenvalue weighted by molar-refractivity contribution is -0.171. The molecule has 0 spiro atoms. The maximum Gasteiger partial charge on any atom is 0.347 e. The van der Waals surface area contributed by atoms with Crippen molar-refractivity contribution in [3.8, 4) is 0 Å². The van der Waals surface area contributed by atoms with Gasteiger partial charge in [-0.3, -0.25) is 0 Å². The van der Waals surface area contributed by atoms with Gasteiger partial charge in [0.2, 0.25) is 0 Å². The smallest absolute Gasteiger partial charge is 0.347 e. The van der Waals surface area contributed by atoms with Crippen molar-refractivity contribution in [2.45, 2.75) is 26.4 Å². The molecule has 0 heterocycles. The Kier molecular flexibility index (Phi) is 6.74. The van der Waals surface area contributed by atoms with E-state index in [-0.39, 0.29) is 6.61 Å². The van der Waals surface area contributed by atoms with Crippen LogP contribution in [0.5, 0.6) is 0 Å². The number of esters is 2. The van der Waals surface area contributed by atoms with Crippen molar-refractivity contribution in [3.05, 3.63) is 0 Å². The Morgan fingerprint density at radius 3 is 2.29 bits per heavy atom. The molecule has 0 amide bonds. The molecule has 0 rings (SSSR count). The lowest BCUT2D eigenvalue weighted by Crippen LogP contribution is -2.35. The van der Waals surface area contributed by atoms with E-state index in [2.05, 4.69) is 9.47 Å². The third-order valence-electron chi connectivity index (χ3n) is 1.40. The van der Waals surface area contributed by atoms with E-state index in [4.69, 9.17) is 4.74 Å². The first-order chi connectivity index (χ1) is 6.67. The van der Waals surface area contributed by atoms with Crippen LogP contribution in [0.3, 0.4) is 0 Å². The van der Waals surface area contributed by atoms with Gasteiger partial charge in [0.1, 0.15) is 0 Å². The highest BCUT2D eigenvalue weighted by Gasteiger charge is 2.29. The number of carbonyl (C=O) groups excluding carboxylic acids is 2. The van der Waals surface area contributed by atoms with Gasteiger partial charge < -0.3 is 14.2 Å². The standard InChI is InChI=1S/C9H16O5/c1-4-6-14-7(8(10)12-3)9(11)13-5-2/h7H,4-6H2,1-3H3. The summed E-state index contributed by atoms with van der Waals surface area (Å²) in [6.45, 7) is 4.06. The number of carbonyl (C=O) groups is 2. The van der Waals surface area contributed by atoms with Crippen LogP contribution in [0, 0.1) is 0 Å². The minimum absolute atomic E-state index is 0.210. The van der Waals surface area contributed by atoms with Gasteiger partial charge in [0.25, 0.3) is 6.10 Å². The first-order valence-electron chi connectivity index (χ1n) is 4.53. The molecule has 5 heteroatoms. The summed E-state index contributed by atoms with van der Waals surface area (Å²) in [5.74, 6) is -1.43. The van der Waals surface area contributed by atoms with E-state index >= 15 is 0 Å². The first-order valence-corrected chi connectivity index (χ1v) is 4.53. The second-order valence-electron chi connectivity index (χ2n) is 2.53. The second-order valence-corrected chi connectivity index (χ2v) is 2.53. The number of rotatable bonds is 6. The highest BCUT2D eigenvalue weighted by Crippen LogP contribution is 2.00. The molecule has 0 N–H and O–H groups in total. The maximum absolute atomic E-state index is 11.2. The minimum Gasteiger partial charge on any atom is -0.467 e. The number of hydrogen-bond donors (Lipinski definition) is 0. The topological polar surface area (TPSA) is 61.8 Å². The van der Waals surface area contributed by atoms with E-state index in [9.17, 15) is 9.59 Å². The van der Waals surface area contributed by atoms with Crippen LogP contribution >= 0.6 is 0 Å². The molecule has 0 saturated carbocycles. The van der Waals surface area contributed by atoms with Crippen LogP contribution in [0.2, 0.25) is 0 Å². The van der Waals surface area contributed by atoms with Gasteiger partial charge in [-0.2, -0.15) is 0 Å². The molecule has 82 valence electrons. The van der Waals surface area contributed by atoms with Crippen LogP contribution in [0.25, 0.3) is 0 Å². The van der Waals surface area contributed by atoms with Gasteiger partial charge in [-0.25, -0.2) is 9.59 Å². The Hall–Kier alpha value is -1.10. The summed E-state index contributed by atoms with van der Waals surface area (Å²) < 4.78 is 14.1. The SMILES string of the molecule is CCCOC(C(=O)OC)C(=O)OCC. The largest absolute Gasteiger partial charge is 0.467 e. The quantitative estimate of drug-likeness (QED) is 0.466. The molecule has 0 bridgehead atoms. The summed E-state index contributed by atoms with van der Waals surface area (Å²) >= 11 is 0. The highest BCUT2D eigenvalue weighted by molar-refractivity contribution is 5.97. The predicted octanol–water partition coefficient (Wildman–Crippen LogP) is 0.518. The van der Waals surface area contributed by atoms with Crippen LogP contribution in [-0.4, -0.2) is 38.4 Å². The highest BCUT2D eigenvalue weighted by atomic mass is 16.6. The van der Waals surface area contributed by atoms with Gasteiger partial charge in [-0.05, 0) is 13.3 Å². The maximum atomic E-state index is 11.2. The number of ether oxygens (including phenoxy) is 3. The van der Waals surface area contributed by atoms with Crippen molar-refractivity contribution in [2.24, 2.45) is 0 Å². The molecule has 5 nitrogen and oxygen atoms in total. The molecule has 1 atom stereocenters. The average molecular weight is 204 g/mol. The van der Waals surface area contributed by atoms with Crippen molar-refractivity contribution in [1.82, 2.24) is 0 Å². The van der Waals surface area contributed by atoms with Crippen LogP contribution in [0.15, 0.2) is 0 Å². The van der Waals surface area contributed by atoms with Gasteiger partial charge in [0.15, 0.2) is 0 Å². The summed E-state index contributed by atoms with van der Waals surface area (Å²) in [4.78, 5) is 22.3. The zero-order valence-corrected chi connectivity index (χ0v) is 8.74. The van der Waals surface area contributed by atoms with Crippen molar-refractivity contribution in [1.29, 1.82) is 0 Å². The van der Waals surface area contributed by atoms with E-state index in [1.165, 1.54) is 7.11 Å².